The van der Waals surface area contributed by atoms with Crippen molar-refractivity contribution in [3.63, 3.8) is 0 Å². The highest BCUT2D eigenvalue weighted by Gasteiger charge is 2.51. The van der Waals surface area contributed by atoms with E-state index in [4.69, 9.17) is 5.73 Å². The second-order valence-corrected chi connectivity index (χ2v) is 5.09. The van der Waals surface area contributed by atoms with E-state index in [0.29, 0.717) is 18.5 Å². The van der Waals surface area contributed by atoms with Gasteiger partial charge in [-0.15, -0.1) is 0 Å². The minimum Gasteiger partial charge on any atom is -0.337 e. The van der Waals surface area contributed by atoms with Crippen molar-refractivity contribution in [2.24, 2.45) is 11.1 Å². The Hall–Kier alpha value is -0.610. The Morgan fingerprint density at radius 1 is 1.47 bits per heavy atom. The minimum atomic E-state index is -0.176. The van der Waals surface area contributed by atoms with Gasteiger partial charge in [0.2, 0.25) is 5.91 Å². The standard InChI is InChI=1S/C11H21N3O/c1-9-7-13(2)5-6-14(9)10(15)11(8-12)3-4-11/h9H,3-8,12H2,1-2H3. The van der Waals surface area contributed by atoms with Gasteiger partial charge >= 0.3 is 0 Å². The van der Waals surface area contributed by atoms with E-state index in [2.05, 4.69) is 18.9 Å². The quantitative estimate of drug-likeness (QED) is 0.693. The fourth-order valence-corrected chi connectivity index (χ4v) is 2.40. The molecule has 2 aliphatic rings. The largest absolute Gasteiger partial charge is 0.337 e. The van der Waals surface area contributed by atoms with Gasteiger partial charge in [0.05, 0.1) is 5.41 Å². The first-order chi connectivity index (χ1) is 7.09. The molecule has 0 bridgehead atoms. The van der Waals surface area contributed by atoms with Crippen LogP contribution < -0.4 is 5.73 Å². The third-order valence-corrected chi connectivity index (χ3v) is 3.79. The molecule has 1 atom stereocenters. The summed E-state index contributed by atoms with van der Waals surface area (Å²) in [6, 6.07) is 0.334. The summed E-state index contributed by atoms with van der Waals surface area (Å²) in [5, 5.41) is 0. The highest BCUT2D eigenvalue weighted by Crippen LogP contribution is 2.46. The van der Waals surface area contributed by atoms with Crippen LogP contribution in [0.15, 0.2) is 0 Å². The summed E-state index contributed by atoms with van der Waals surface area (Å²) in [5.74, 6) is 0.297. The number of amides is 1. The normalized spacial score (nSPS) is 30.3. The summed E-state index contributed by atoms with van der Waals surface area (Å²) < 4.78 is 0. The molecule has 1 saturated heterocycles. The molecule has 1 aliphatic carbocycles. The Labute approximate surface area is 91.4 Å². The highest BCUT2D eigenvalue weighted by molar-refractivity contribution is 5.86. The molecule has 1 aliphatic heterocycles. The molecule has 86 valence electrons. The molecular weight excluding hydrogens is 190 g/mol. The maximum atomic E-state index is 12.3. The summed E-state index contributed by atoms with van der Waals surface area (Å²) in [6.07, 6.45) is 1.97. The van der Waals surface area contributed by atoms with Crippen LogP contribution in [0.3, 0.4) is 0 Å². The average Bonchev–Trinajstić information content (AvgIpc) is 2.97. The van der Waals surface area contributed by atoms with Crippen molar-refractivity contribution < 1.29 is 4.79 Å². The Kier molecular flexibility index (Phi) is 2.73. The first-order valence-electron chi connectivity index (χ1n) is 5.79. The second kappa shape index (κ2) is 3.76. The Morgan fingerprint density at radius 3 is 2.60 bits per heavy atom. The van der Waals surface area contributed by atoms with Crippen LogP contribution in [0.1, 0.15) is 19.8 Å². The number of carbonyl (C=O) groups excluding carboxylic acids is 1. The lowest BCUT2D eigenvalue weighted by molar-refractivity contribution is -0.141. The van der Waals surface area contributed by atoms with E-state index >= 15 is 0 Å². The summed E-state index contributed by atoms with van der Waals surface area (Å²) in [4.78, 5) is 16.6. The first-order valence-corrected chi connectivity index (χ1v) is 5.79. The smallest absolute Gasteiger partial charge is 0.230 e. The number of hydrogen-bond acceptors (Lipinski definition) is 3. The van der Waals surface area contributed by atoms with Crippen LogP contribution in [0.4, 0.5) is 0 Å². The molecule has 15 heavy (non-hydrogen) atoms. The van der Waals surface area contributed by atoms with Crippen LogP contribution in [0, 0.1) is 5.41 Å². The van der Waals surface area contributed by atoms with Gasteiger partial charge in [-0.1, -0.05) is 0 Å². The molecule has 4 heteroatoms. The van der Waals surface area contributed by atoms with Gasteiger partial charge in [-0.05, 0) is 26.8 Å². The lowest BCUT2D eigenvalue weighted by Gasteiger charge is -2.40. The van der Waals surface area contributed by atoms with E-state index in [1.165, 1.54) is 0 Å². The Bertz CT molecular complexity index is 263. The predicted molar refractivity (Wildman–Crippen MR) is 59.4 cm³/mol. The summed E-state index contributed by atoms with van der Waals surface area (Å²) in [6.45, 7) is 5.46. The predicted octanol–water partition coefficient (Wildman–Crippen LogP) is -0.112. The molecule has 0 aromatic rings. The van der Waals surface area contributed by atoms with Crippen LogP contribution in [-0.4, -0.2) is 55.0 Å². The Balaban J connectivity index is 2.01. The number of nitrogens with zero attached hydrogens (tertiary/aromatic N) is 2. The second-order valence-electron chi connectivity index (χ2n) is 5.09. The first kappa shape index (κ1) is 10.9. The molecule has 2 N–H and O–H groups in total. The van der Waals surface area contributed by atoms with E-state index in [0.717, 1.165) is 32.5 Å². The maximum Gasteiger partial charge on any atom is 0.230 e. The SMILES string of the molecule is CC1CN(C)CCN1C(=O)C1(CN)CC1. The van der Waals surface area contributed by atoms with Crippen LogP contribution >= 0.6 is 0 Å². The zero-order valence-corrected chi connectivity index (χ0v) is 9.70. The molecule has 4 nitrogen and oxygen atoms in total. The van der Waals surface area contributed by atoms with Crippen LogP contribution in [0.5, 0.6) is 0 Å². The summed E-state index contributed by atoms with van der Waals surface area (Å²) in [5.41, 5.74) is 5.51. The molecule has 1 amide bonds. The van der Waals surface area contributed by atoms with E-state index in [1.807, 2.05) is 4.90 Å². The molecule has 0 aromatic carbocycles. The fraction of sp³-hybridized carbons (Fsp3) is 0.909. The number of nitrogens with two attached hydrogens (primary N) is 1. The van der Waals surface area contributed by atoms with Gasteiger partial charge in [-0.3, -0.25) is 4.79 Å². The molecule has 0 radical (unpaired) electrons. The van der Waals surface area contributed by atoms with Gasteiger partial charge in [-0.2, -0.15) is 0 Å². The third-order valence-electron chi connectivity index (χ3n) is 3.79. The number of carbonyl (C=O) groups is 1. The molecule has 0 aromatic heterocycles. The minimum absolute atomic E-state index is 0.176. The zero-order valence-electron chi connectivity index (χ0n) is 9.70. The summed E-state index contributed by atoms with van der Waals surface area (Å²) in [7, 11) is 2.11. The van der Waals surface area contributed by atoms with E-state index in [1.54, 1.807) is 0 Å². The van der Waals surface area contributed by atoms with Crippen LogP contribution in [0.25, 0.3) is 0 Å². The Morgan fingerprint density at radius 2 is 2.13 bits per heavy atom. The van der Waals surface area contributed by atoms with Gasteiger partial charge < -0.3 is 15.5 Å². The maximum absolute atomic E-state index is 12.3. The van der Waals surface area contributed by atoms with Crippen molar-refractivity contribution in [2.75, 3.05) is 33.2 Å². The average molecular weight is 211 g/mol. The molecule has 1 heterocycles. The fourth-order valence-electron chi connectivity index (χ4n) is 2.40. The van der Waals surface area contributed by atoms with Crippen molar-refractivity contribution in [2.45, 2.75) is 25.8 Å². The highest BCUT2D eigenvalue weighted by atomic mass is 16.2. The number of rotatable bonds is 2. The number of likely N-dealkylation sites (N-methyl/N-ethyl adjacent to an activating group) is 1. The van der Waals surface area contributed by atoms with Crippen molar-refractivity contribution in [1.82, 2.24) is 9.80 Å². The lowest BCUT2D eigenvalue weighted by Crippen LogP contribution is -2.55. The summed E-state index contributed by atoms with van der Waals surface area (Å²) >= 11 is 0. The van der Waals surface area contributed by atoms with Gasteiger partial charge in [0.1, 0.15) is 0 Å². The van der Waals surface area contributed by atoms with Gasteiger partial charge in [0.25, 0.3) is 0 Å². The van der Waals surface area contributed by atoms with Crippen LogP contribution in [0.2, 0.25) is 0 Å². The molecule has 1 saturated carbocycles. The van der Waals surface area contributed by atoms with Gasteiger partial charge in [0, 0.05) is 32.2 Å². The van der Waals surface area contributed by atoms with Crippen molar-refractivity contribution in [3.8, 4) is 0 Å². The molecule has 2 rings (SSSR count). The lowest BCUT2D eigenvalue weighted by atomic mass is 10.0. The van der Waals surface area contributed by atoms with E-state index in [-0.39, 0.29) is 5.41 Å². The van der Waals surface area contributed by atoms with Gasteiger partial charge in [0.15, 0.2) is 0 Å². The topological polar surface area (TPSA) is 49.6 Å². The number of piperazine rings is 1. The molecule has 0 spiro atoms. The zero-order chi connectivity index (χ0) is 11.1. The molecule has 1 unspecified atom stereocenters. The van der Waals surface area contributed by atoms with Crippen LogP contribution in [-0.2, 0) is 4.79 Å². The van der Waals surface area contributed by atoms with Crippen molar-refractivity contribution in [3.05, 3.63) is 0 Å². The van der Waals surface area contributed by atoms with E-state index < -0.39 is 0 Å². The number of hydrogen-bond donors (Lipinski definition) is 1. The third kappa shape index (κ3) is 1.88. The molecule has 2 fully saturated rings. The van der Waals surface area contributed by atoms with E-state index in [9.17, 15) is 4.79 Å². The van der Waals surface area contributed by atoms with Gasteiger partial charge in [-0.25, -0.2) is 0 Å². The van der Waals surface area contributed by atoms with Crippen molar-refractivity contribution >= 4 is 5.91 Å². The molecular formula is C11H21N3O. The monoisotopic (exact) mass is 211 g/mol. The van der Waals surface area contributed by atoms with Crippen molar-refractivity contribution in [1.29, 1.82) is 0 Å².